The van der Waals surface area contributed by atoms with Crippen LogP contribution >= 0.6 is 11.3 Å². The molecular formula is C25H30N4O3S. The van der Waals surface area contributed by atoms with Crippen molar-refractivity contribution in [3.8, 4) is 6.07 Å². The molecule has 174 valence electrons. The van der Waals surface area contributed by atoms with E-state index in [-0.39, 0.29) is 24.0 Å². The Labute approximate surface area is 199 Å². The number of carbonyl (C=O) groups is 2. The van der Waals surface area contributed by atoms with Gasteiger partial charge in [0, 0.05) is 36.5 Å². The maximum absolute atomic E-state index is 12.4. The van der Waals surface area contributed by atoms with E-state index < -0.39 is 0 Å². The maximum Gasteiger partial charge on any atom is 0.409 e. The molecule has 0 radical (unpaired) electrons. The second kappa shape index (κ2) is 11.6. The van der Waals surface area contributed by atoms with E-state index in [1.54, 1.807) is 11.0 Å². The van der Waals surface area contributed by atoms with Crippen LogP contribution in [0.2, 0.25) is 0 Å². The summed E-state index contributed by atoms with van der Waals surface area (Å²) in [5, 5.41) is 13.0. The van der Waals surface area contributed by atoms with E-state index in [0.29, 0.717) is 22.7 Å². The van der Waals surface area contributed by atoms with Crippen molar-refractivity contribution in [2.45, 2.75) is 51.0 Å². The van der Waals surface area contributed by atoms with Gasteiger partial charge in [0.1, 0.15) is 11.1 Å². The number of hydrogen-bond donors (Lipinski definition) is 1. The van der Waals surface area contributed by atoms with E-state index in [4.69, 9.17) is 4.74 Å². The molecule has 8 heteroatoms. The molecule has 7 nitrogen and oxygen atoms in total. The summed E-state index contributed by atoms with van der Waals surface area (Å²) in [4.78, 5) is 31.4. The summed E-state index contributed by atoms with van der Waals surface area (Å²) in [6.07, 6.45) is 12.3. The minimum absolute atomic E-state index is 0.208. The van der Waals surface area contributed by atoms with Gasteiger partial charge in [-0.1, -0.05) is 26.0 Å². The van der Waals surface area contributed by atoms with Crippen LogP contribution in [0.1, 0.15) is 48.1 Å². The Kier molecular flexibility index (Phi) is 8.61. The zero-order valence-electron chi connectivity index (χ0n) is 19.0. The lowest BCUT2D eigenvalue weighted by Gasteiger charge is -2.26. The summed E-state index contributed by atoms with van der Waals surface area (Å²) < 4.78 is 5.60. The highest BCUT2D eigenvalue weighted by atomic mass is 32.1. The second-order valence-corrected chi connectivity index (χ2v) is 9.52. The smallest absolute Gasteiger partial charge is 0.409 e. The van der Waals surface area contributed by atoms with Gasteiger partial charge in [0.05, 0.1) is 12.2 Å². The summed E-state index contributed by atoms with van der Waals surface area (Å²) in [5.41, 5.74) is 2.09. The third-order valence-electron chi connectivity index (χ3n) is 6.11. The first kappa shape index (κ1) is 24.5. The van der Waals surface area contributed by atoms with E-state index in [0.717, 1.165) is 42.5 Å². The minimum Gasteiger partial charge on any atom is -0.449 e. The Morgan fingerprint density at radius 1 is 1.33 bits per heavy atom. The van der Waals surface area contributed by atoms with E-state index in [9.17, 15) is 14.9 Å². The van der Waals surface area contributed by atoms with Gasteiger partial charge in [0.15, 0.2) is 0 Å². The van der Waals surface area contributed by atoms with E-state index in [1.807, 2.05) is 7.05 Å². The summed E-state index contributed by atoms with van der Waals surface area (Å²) in [5.74, 6) is -0.127. The molecule has 1 aromatic rings. The topological polar surface area (TPSA) is 94.8 Å². The van der Waals surface area contributed by atoms with Crippen molar-refractivity contribution < 1.29 is 14.3 Å². The third-order valence-corrected chi connectivity index (χ3v) is 7.28. The predicted octanol–water partition coefficient (Wildman–Crippen LogP) is 5.00. The molecule has 33 heavy (non-hydrogen) atoms. The first-order valence-electron chi connectivity index (χ1n) is 11.2. The molecule has 3 rings (SSSR count). The zero-order chi connectivity index (χ0) is 23.8. The number of hydrogen-bond acceptors (Lipinski definition) is 6. The molecule has 2 amide bonds. The molecule has 1 heterocycles. The zero-order valence-corrected chi connectivity index (χ0v) is 19.8. The summed E-state index contributed by atoms with van der Waals surface area (Å²) in [6, 6.07) is 2.53. The lowest BCUT2D eigenvalue weighted by Crippen LogP contribution is -2.36. The first-order valence-corrected chi connectivity index (χ1v) is 12.0. The Morgan fingerprint density at radius 2 is 2.09 bits per heavy atom. The summed E-state index contributed by atoms with van der Waals surface area (Å²) in [6.45, 7) is 7.63. The van der Waals surface area contributed by atoms with Gasteiger partial charge in [-0.15, -0.1) is 11.3 Å². The molecule has 1 N–H and O–H groups in total. The number of rotatable bonds is 8. The first-order chi connectivity index (χ1) is 15.9. The van der Waals surface area contributed by atoms with Crippen LogP contribution in [0.15, 0.2) is 42.1 Å². The van der Waals surface area contributed by atoms with Gasteiger partial charge >= 0.3 is 6.09 Å². The molecule has 0 saturated heterocycles. The molecule has 0 spiro atoms. The third kappa shape index (κ3) is 6.42. The highest BCUT2D eigenvalue weighted by molar-refractivity contribution is 7.16. The van der Waals surface area contributed by atoms with Crippen molar-refractivity contribution in [2.75, 3.05) is 19.0 Å². The highest BCUT2D eigenvalue weighted by Gasteiger charge is 2.29. The molecule has 1 unspecified atom stereocenters. The summed E-state index contributed by atoms with van der Waals surface area (Å²) in [7, 11) is 1.82. The SMILES string of the molecule is C=CN=CC(=C)/C=C/C(=O)Nc1sc2c(c1C#N)CCC(COC(=O)N(C)C1CCCC1)C2. The van der Waals surface area contributed by atoms with Crippen LogP contribution in [0.4, 0.5) is 9.80 Å². The number of nitriles is 1. The Balaban J connectivity index is 1.58. The standard InChI is InChI=1S/C25H30N4O3S/c1-4-27-15-17(2)9-12-23(30)28-24-21(14-26)20-11-10-18(13-22(20)33-24)16-32-25(31)29(3)19-7-5-6-8-19/h4,9,12,15,18-19H,1-2,5-8,10-11,13,16H2,3H3,(H,28,30)/b12-9+,27-15?. The van der Waals surface area contributed by atoms with Crippen molar-refractivity contribution in [2.24, 2.45) is 10.9 Å². The van der Waals surface area contributed by atoms with E-state index in [1.165, 1.54) is 42.7 Å². The Bertz CT molecular complexity index is 1010. The fourth-order valence-corrected chi connectivity index (χ4v) is 5.58. The molecule has 0 aromatic carbocycles. The van der Waals surface area contributed by atoms with Gasteiger partial charge in [-0.05, 0) is 55.2 Å². The number of nitrogens with one attached hydrogen (secondary N) is 1. The van der Waals surface area contributed by atoms with Crippen molar-refractivity contribution in [3.63, 3.8) is 0 Å². The number of thiophene rings is 1. The highest BCUT2D eigenvalue weighted by Crippen LogP contribution is 2.39. The monoisotopic (exact) mass is 466 g/mol. The molecule has 0 aliphatic heterocycles. The molecular weight excluding hydrogens is 436 g/mol. The van der Waals surface area contributed by atoms with Gasteiger partial charge in [-0.25, -0.2) is 4.79 Å². The van der Waals surface area contributed by atoms with Gasteiger partial charge in [-0.3, -0.25) is 9.79 Å². The van der Waals surface area contributed by atoms with Crippen molar-refractivity contribution in [1.82, 2.24) is 4.90 Å². The number of ether oxygens (including phenoxy) is 1. The normalized spacial score (nSPS) is 18.1. The minimum atomic E-state index is -0.335. The predicted molar refractivity (Wildman–Crippen MR) is 132 cm³/mol. The molecule has 1 saturated carbocycles. The molecule has 1 atom stereocenters. The van der Waals surface area contributed by atoms with Crippen LogP contribution in [0, 0.1) is 17.2 Å². The van der Waals surface area contributed by atoms with E-state index in [2.05, 4.69) is 29.5 Å². The van der Waals surface area contributed by atoms with Gasteiger partial charge in [0.2, 0.25) is 5.91 Å². The van der Waals surface area contributed by atoms with Crippen LogP contribution in [-0.2, 0) is 22.4 Å². The average molecular weight is 467 g/mol. The van der Waals surface area contributed by atoms with Crippen LogP contribution in [-0.4, -0.2) is 42.8 Å². The van der Waals surface area contributed by atoms with Crippen LogP contribution in [0.25, 0.3) is 0 Å². The molecule has 0 bridgehead atoms. The van der Waals surface area contributed by atoms with Gasteiger partial charge < -0.3 is 15.0 Å². The molecule has 1 aromatic heterocycles. The molecule has 2 aliphatic rings. The Morgan fingerprint density at radius 3 is 2.79 bits per heavy atom. The number of anilines is 1. The lowest BCUT2D eigenvalue weighted by atomic mass is 9.88. The van der Waals surface area contributed by atoms with Crippen molar-refractivity contribution in [3.05, 3.63) is 53.1 Å². The number of carbonyl (C=O) groups excluding carboxylic acids is 2. The summed E-state index contributed by atoms with van der Waals surface area (Å²) >= 11 is 1.43. The van der Waals surface area contributed by atoms with Gasteiger partial charge in [0.25, 0.3) is 0 Å². The molecule has 2 aliphatic carbocycles. The van der Waals surface area contributed by atoms with Crippen molar-refractivity contribution >= 4 is 34.6 Å². The largest absolute Gasteiger partial charge is 0.449 e. The fourth-order valence-electron chi connectivity index (χ4n) is 4.26. The number of fused-ring (bicyclic) bond motifs is 1. The number of nitrogens with zero attached hydrogens (tertiary/aromatic N) is 3. The quantitative estimate of drug-likeness (QED) is 0.331. The van der Waals surface area contributed by atoms with Gasteiger partial charge in [-0.2, -0.15) is 5.26 Å². The van der Waals surface area contributed by atoms with Crippen LogP contribution in [0.3, 0.4) is 0 Å². The Hall–Kier alpha value is -3.18. The fraction of sp³-hybridized carbons (Fsp3) is 0.440. The lowest BCUT2D eigenvalue weighted by molar-refractivity contribution is -0.111. The van der Waals surface area contributed by atoms with Crippen LogP contribution in [0.5, 0.6) is 0 Å². The number of aliphatic imine (C=N–C) groups is 1. The average Bonchev–Trinajstić information content (AvgIpc) is 3.46. The van der Waals surface area contributed by atoms with E-state index >= 15 is 0 Å². The number of allylic oxidation sites excluding steroid dienone is 2. The number of amides is 2. The van der Waals surface area contributed by atoms with Crippen molar-refractivity contribution in [1.29, 1.82) is 5.26 Å². The second-order valence-electron chi connectivity index (χ2n) is 8.41. The van der Waals surface area contributed by atoms with Crippen LogP contribution < -0.4 is 5.32 Å². The maximum atomic E-state index is 12.4. The molecule has 1 fully saturated rings.